The number of piperidine rings is 2. The van der Waals surface area contributed by atoms with Crippen molar-refractivity contribution in [3.8, 4) is 0 Å². The van der Waals surface area contributed by atoms with Crippen molar-refractivity contribution >= 4 is 33.9 Å². The summed E-state index contributed by atoms with van der Waals surface area (Å²) in [5, 5.41) is 23.6. The molecule has 0 radical (unpaired) electrons. The van der Waals surface area contributed by atoms with Gasteiger partial charge in [-0.2, -0.15) is 0 Å². The monoisotopic (exact) mass is 436 g/mol. The Morgan fingerprint density at radius 2 is 1.88 bits per heavy atom. The molecule has 0 saturated carbocycles. The number of β-amino-alcohol motifs (C(OH)–C–C–N with tert-alkyl or cyclic N) is 1. The Kier molecular flexibility index (Phi) is 5.67. The average molecular weight is 437 g/mol. The van der Waals surface area contributed by atoms with E-state index in [0.717, 1.165) is 56.8 Å². The summed E-state index contributed by atoms with van der Waals surface area (Å²) in [6, 6.07) is 7.54. The first-order valence-corrected chi connectivity index (χ1v) is 11.2. The topological polar surface area (TPSA) is 118 Å². The van der Waals surface area contributed by atoms with E-state index in [1.54, 1.807) is 12.3 Å². The minimum absolute atomic E-state index is 0.214. The number of hydrogen-bond donors (Lipinski definition) is 4. The highest BCUT2D eigenvalue weighted by molar-refractivity contribution is 5.93. The maximum absolute atomic E-state index is 12.6. The SMILES string of the molecule is O=c1[nH]ccc2nc(N3CCCC(O)C3)cc(Nc3ccc(N4CCC(O)CC4)cn3)c12. The number of aliphatic hydroxyl groups is 2. The molecule has 3 aromatic rings. The number of nitrogens with one attached hydrogen (secondary N) is 2. The summed E-state index contributed by atoms with van der Waals surface area (Å²) in [5.41, 5.74) is 2.03. The third kappa shape index (κ3) is 4.26. The summed E-state index contributed by atoms with van der Waals surface area (Å²) in [6.45, 7) is 2.96. The first-order valence-electron chi connectivity index (χ1n) is 11.2. The summed E-state index contributed by atoms with van der Waals surface area (Å²) in [4.78, 5) is 28.8. The molecule has 32 heavy (non-hydrogen) atoms. The fourth-order valence-electron chi connectivity index (χ4n) is 4.51. The third-order valence-electron chi connectivity index (χ3n) is 6.28. The lowest BCUT2D eigenvalue weighted by molar-refractivity contribution is 0.145. The summed E-state index contributed by atoms with van der Waals surface area (Å²) < 4.78 is 0. The molecule has 0 spiro atoms. The smallest absolute Gasteiger partial charge is 0.259 e. The quantitative estimate of drug-likeness (QED) is 0.491. The fourth-order valence-corrected chi connectivity index (χ4v) is 4.51. The van der Waals surface area contributed by atoms with Gasteiger partial charge in [0.1, 0.15) is 11.6 Å². The lowest BCUT2D eigenvalue weighted by atomic mass is 10.1. The molecule has 0 aliphatic carbocycles. The van der Waals surface area contributed by atoms with Crippen LogP contribution in [0, 0.1) is 0 Å². The largest absolute Gasteiger partial charge is 0.393 e. The van der Waals surface area contributed by atoms with E-state index in [-0.39, 0.29) is 17.8 Å². The Morgan fingerprint density at radius 1 is 1.03 bits per heavy atom. The molecule has 2 aliphatic heterocycles. The molecule has 0 aromatic carbocycles. The standard InChI is InChI=1S/C23H28N6O3/c30-16-6-10-28(11-7-16)15-3-4-20(25-13-15)26-19-12-21(29-9-1-2-17(31)14-29)27-18-5-8-24-23(32)22(18)19/h3-5,8,12-13,16-17,30-31H,1-2,6-7,9-11,14H2,(H,24,32)(H,25,26,27). The van der Waals surface area contributed by atoms with Crippen LogP contribution in [0.1, 0.15) is 25.7 Å². The second-order valence-electron chi connectivity index (χ2n) is 8.58. The summed E-state index contributed by atoms with van der Waals surface area (Å²) in [7, 11) is 0. The molecule has 5 heterocycles. The number of aliphatic hydroxyl groups excluding tert-OH is 2. The Labute approximate surface area is 185 Å². The molecule has 168 valence electrons. The highest BCUT2D eigenvalue weighted by atomic mass is 16.3. The van der Waals surface area contributed by atoms with Gasteiger partial charge in [-0.25, -0.2) is 9.97 Å². The van der Waals surface area contributed by atoms with Crippen LogP contribution < -0.4 is 20.7 Å². The molecule has 9 heteroatoms. The number of aromatic amines is 1. The molecular weight excluding hydrogens is 408 g/mol. The van der Waals surface area contributed by atoms with E-state index in [1.807, 2.05) is 24.4 Å². The Balaban J connectivity index is 1.44. The van der Waals surface area contributed by atoms with Gasteiger partial charge < -0.3 is 30.3 Å². The van der Waals surface area contributed by atoms with Gasteiger partial charge in [-0.3, -0.25) is 4.79 Å². The Morgan fingerprint density at radius 3 is 2.62 bits per heavy atom. The molecule has 1 unspecified atom stereocenters. The van der Waals surface area contributed by atoms with Gasteiger partial charge in [0, 0.05) is 38.4 Å². The van der Waals surface area contributed by atoms with Crippen molar-refractivity contribution in [2.24, 2.45) is 0 Å². The molecule has 9 nitrogen and oxygen atoms in total. The van der Waals surface area contributed by atoms with Gasteiger partial charge >= 0.3 is 0 Å². The van der Waals surface area contributed by atoms with Crippen LogP contribution in [0.25, 0.3) is 10.9 Å². The number of fused-ring (bicyclic) bond motifs is 1. The number of aromatic nitrogens is 3. The summed E-state index contributed by atoms with van der Waals surface area (Å²) in [6.07, 6.45) is 6.04. The van der Waals surface area contributed by atoms with E-state index < -0.39 is 0 Å². The second kappa shape index (κ2) is 8.76. The van der Waals surface area contributed by atoms with E-state index >= 15 is 0 Å². The number of anilines is 4. The summed E-state index contributed by atoms with van der Waals surface area (Å²) in [5.74, 6) is 1.36. The van der Waals surface area contributed by atoms with Crippen molar-refractivity contribution in [2.45, 2.75) is 37.9 Å². The second-order valence-corrected chi connectivity index (χ2v) is 8.58. The zero-order valence-corrected chi connectivity index (χ0v) is 17.9. The van der Waals surface area contributed by atoms with Crippen molar-refractivity contribution in [1.82, 2.24) is 15.0 Å². The average Bonchev–Trinajstić information content (AvgIpc) is 2.80. The van der Waals surface area contributed by atoms with Crippen LogP contribution in [-0.2, 0) is 0 Å². The highest BCUT2D eigenvalue weighted by Gasteiger charge is 2.21. The summed E-state index contributed by atoms with van der Waals surface area (Å²) >= 11 is 0. The molecule has 2 fully saturated rings. The van der Waals surface area contributed by atoms with Crippen LogP contribution in [0.2, 0.25) is 0 Å². The maximum atomic E-state index is 12.6. The predicted molar refractivity (Wildman–Crippen MR) is 125 cm³/mol. The fraction of sp³-hybridized carbons (Fsp3) is 0.435. The van der Waals surface area contributed by atoms with Crippen molar-refractivity contribution in [3.05, 3.63) is 47.0 Å². The van der Waals surface area contributed by atoms with Gasteiger partial charge in [-0.15, -0.1) is 0 Å². The number of nitrogens with zero attached hydrogens (tertiary/aromatic N) is 4. The van der Waals surface area contributed by atoms with Crippen molar-refractivity contribution < 1.29 is 10.2 Å². The van der Waals surface area contributed by atoms with Crippen LogP contribution in [0.5, 0.6) is 0 Å². The molecule has 4 N–H and O–H groups in total. The van der Waals surface area contributed by atoms with Crippen LogP contribution in [-0.4, -0.2) is 63.6 Å². The van der Waals surface area contributed by atoms with Gasteiger partial charge in [-0.1, -0.05) is 0 Å². The van der Waals surface area contributed by atoms with Crippen molar-refractivity contribution in [2.75, 3.05) is 41.3 Å². The Hall–Kier alpha value is -3.17. The third-order valence-corrected chi connectivity index (χ3v) is 6.28. The van der Waals surface area contributed by atoms with Gasteiger partial charge in [0.25, 0.3) is 5.56 Å². The lowest BCUT2D eigenvalue weighted by Crippen LogP contribution is -2.38. The van der Waals surface area contributed by atoms with Crippen molar-refractivity contribution in [1.29, 1.82) is 0 Å². The minimum atomic E-state index is -0.373. The van der Waals surface area contributed by atoms with Crippen LogP contribution in [0.3, 0.4) is 0 Å². The molecule has 2 aliphatic rings. The molecule has 3 aromatic heterocycles. The van der Waals surface area contributed by atoms with E-state index in [2.05, 4.69) is 30.1 Å². The zero-order chi connectivity index (χ0) is 22.1. The van der Waals surface area contributed by atoms with E-state index in [1.165, 1.54) is 0 Å². The molecular formula is C23H28N6O3. The predicted octanol–water partition coefficient (Wildman–Crippen LogP) is 1.98. The van der Waals surface area contributed by atoms with Gasteiger partial charge in [-0.05, 0) is 43.9 Å². The van der Waals surface area contributed by atoms with Gasteiger partial charge in [0.15, 0.2) is 0 Å². The number of pyridine rings is 3. The Bertz CT molecular complexity index is 1140. The van der Waals surface area contributed by atoms with Gasteiger partial charge in [0.2, 0.25) is 0 Å². The molecule has 0 amide bonds. The number of rotatable bonds is 4. The van der Waals surface area contributed by atoms with Crippen LogP contribution in [0.15, 0.2) is 41.5 Å². The lowest BCUT2D eigenvalue weighted by Gasteiger charge is -2.31. The van der Waals surface area contributed by atoms with Crippen molar-refractivity contribution in [3.63, 3.8) is 0 Å². The minimum Gasteiger partial charge on any atom is -0.393 e. The van der Waals surface area contributed by atoms with E-state index in [4.69, 9.17) is 0 Å². The molecule has 1 atom stereocenters. The van der Waals surface area contributed by atoms with E-state index in [0.29, 0.717) is 29.0 Å². The molecule has 2 saturated heterocycles. The van der Waals surface area contributed by atoms with Crippen LogP contribution >= 0.6 is 0 Å². The van der Waals surface area contributed by atoms with E-state index in [9.17, 15) is 15.0 Å². The molecule has 5 rings (SSSR count). The maximum Gasteiger partial charge on any atom is 0.259 e. The van der Waals surface area contributed by atoms with Gasteiger partial charge in [0.05, 0.1) is 40.7 Å². The van der Waals surface area contributed by atoms with Crippen LogP contribution in [0.4, 0.5) is 23.0 Å². The highest BCUT2D eigenvalue weighted by Crippen LogP contribution is 2.29. The first-order chi connectivity index (χ1) is 15.6. The molecule has 0 bridgehead atoms. The first kappa shape index (κ1) is 20.7. The number of hydrogen-bond acceptors (Lipinski definition) is 8. The zero-order valence-electron chi connectivity index (χ0n) is 17.9. The number of H-pyrrole nitrogens is 1. The normalized spacial score (nSPS) is 20.0.